The molecular weight excluding hydrogens is 332 g/mol. The molecular formula is C18H24N6O2. The smallest absolute Gasteiger partial charge is 0.248 e. The lowest BCUT2D eigenvalue weighted by Crippen LogP contribution is -2.47. The van der Waals surface area contributed by atoms with E-state index in [0.717, 1.165) is 25.5 Å². The van der Waals surface area contributed by atoms with Crippen LogP contribution in [0.4, 0.5) is 5.69 Å². The van der Waals surface area contributed by atoms with Crippen LogP contribution in [0, 0.1) is 0 Å². The van der Waals surface area contributed by atoms with E-state index in [-0.39, 0.29) is 11.9 Å². The maximum Gasteiger partial charge on any atom is 0.248 e. The van der Waals surface area contributed by atoms with Gasteiger partial charge in [-0.25, -0.2) is 4.98 Å². The molecule has 1 saturated heterocycles. The molecule has 1 atom stereocenters. The van der Waals surface area contributed by atoms with E-state index in [4.69, 9.17) is 5.73 Å². The maximum absolute atomic E-state index is 12.3. The number of carbonyl (C=O) groups is 2. The molecule has 0 saturated carbocycles. The van der Waals surface area contributed by atoms with Crippen molar-refractivity contribution in [1.82, 2.24) is 19.8 Å². The summed E-state index contributed by atoms with van der Waals surface area (Å²) >= 11 is 0. The summed E-state index contributed by atoms with van der Waals surface area (Å²) in [5.41, 5.74) is 6.29. The summed E-state index contributed by atoms with van der Waals surface area (Å²) in [5.74, 6) is 0.454. The molecule has 0 aliphatic carbocycles. The van der Waals surface area contributed by atoms with E-state index < -0.39 is 5.91 Å². The summed E-state index contributed by atoms with van der Waals surface area (Å²) in [6.45, 7) is 3.25. The van der Waals surface area contributed by atoms with Crippen molar-refractivity contribution in [3.05, 3.63) is 48.0 Å². The first-order valence-corrected chi connectivity index (χ1v) is 8.66. The number of nitrogens with zero attached hydrogens (tertiary/aromatic N) is 3. The Morgan fingerprint density at radius 3 is 2.77 bits per heavy atom. The van der Waals surface area contributed by atoms with Crippen LogP contribution in [-0.2, 0) is 11.8 Å². The van der Waals surface area contributed by atoms with Gasteiger partial charge in [-0.1, -0.05) is 0 Å². The Morgan fingerprint density at radius 2 is 2.12 bits per heavy atom. The third-order valence-electron chi connectivity index (χ3n) is 4.59. The molecule has 1 fully saturated rings. The number of nitrogens with one attached hydrogen (secondary N) is 2. The molecule has 138 valence electrons. The van der Waals surface area contributed by atoms with Gasteiger partial charge in [0.15, 0.2) is 0 Å². The highest BCUT2D eigenvalue weighted by Gasteiger charge is 2.26. The zero-order valence-electron chi connectivity index (χ0n) is 14.8. The average Bonchev–Trinajstić information content (AvgIpc) is 3.06. The largest absolute Gasteiger partial charge is 0.366 e. The van der Waals surface area contributed by atoms with Crippen molar-refractivity contribution in [3.63, 3.8) is 0 Å². The molecule has 1 aliphatic rings. The highest BCUT2D eigenvalue weighted by molar-refractivity contribution is 5.94. The molecule has 8 heteroatoms. The number of anilines is 1. The number of rotatable bonds is 6. The number of hydrogen-bond donors (Lipinski definition) is 3. The lowest BCUT2D eigenvalue weighted by atomic mass is 10.1. The molecule has 4 N–H and O–H groups in total. The predicted octanol–water partition coefficient (Wildman–Crippen LogP) is 0.494. The van der Waals surface area contributed by atoms with Crippen LogP contribution < -0.4 is 16.4 Å². The van der Waals surface area contributed by atoms with Crippen molar-refractivity contribution in [3.8, 4) is 0 Å². The number of carbonyl (C=O) groups excluding carboxylic acids is 2. The molecule has 1 aromatic heterocycles. The van der Waals surface area contributed by atoms with E-state index in [2.05, 4.69) is 20.5 Å². The molecule has 0 bridgehead atoms. The minimum atomic E-state index is -0.484. The average molecular weight is 356 g/mol. The first kappa shape index (κ1) is 18.1. The van der Waals surface area contributed by atoms with Gasteiger partial charge >= 0.3 is 0 Å². The molecule has 3 rings (SSSR count). The van der Waals surface area contributed by atoms with Gasteiger partial charge in [-0.15, -0.1) is 0 Å². The first-order chi connectivity index (χ1) is 12.5. The highest BCUT2D eigenvalue weighted by atomic mass is 16.2. The van der Waals surface area contributed by atoms with Crippen LogP contribution >= 0.6 is 0 Å². The topological polar surface area (TPSA) is 105 Å². The van der Waals surface area contributed by atoms with Crippen LogP contribution in [0.25, 0.3) is 0 Å². The summed E-state index contributed by atoms with van der Waals surface area (Å²) in [4.78, 5) is 30.1. The van der Waals surface area contributed by atoms with Crippen molar-refractivity contribution in [2.24, 2.45) is 12.8 Å². The van der Waals surface area contributed by atoms with Crippen LogP contribution in [0.2, 0.25) is 0 Å². The van der Waals surface area contributed by atoms with E-state index >= 15 is 0 Å². The van der Waals surface area contributed by atoms with Gasteiger partial charge < -0.3 is 20.9 Å². The highest BCUT2D eigenvalue weighted by Crippen LogP contribution is 2.20. The normalized spacial score (nSPS) is 17.8. The van der Waals surface area contributed by atoms with Crippen LogP contribution in [0.1, 0.15) is 28.6 Å². The van der Waals surface area contributed by atoms with Crippen molar-refractivity contribution < 1.29 is 9.59 Å². The zero-order chi connectivity index (χ0) is 18.5. The number of aryl methyl sites for hydroxylation is 1. The maximum atomic E-state index is 12.3. The summed E-state index contributed by atoms with van der Waals surface area (Å²) in [7, 11) is 1.98. The Hall–Kier alpha value is -2.71. The summed E-state index contributed by atoms with van der Waals surface area (Å²) in [6, 6.07) is 6.72. The second-order valence-corrected chi connectivity index (χ2v) is 6.39. The molecule has 2 amide bonds. The Kier molecular flexibility index (Phi) is 5.65. The molecule has 0 radical (unpaired) electrons. The van der Waals surface area contributed by atoms with E-state index in [1.165, 1.54) is 0 Å². The molecule has 2 aromatic rings. The Labute approximate surface area is 152 Å². The predicted molar refractivity (Wildman–Crippen MR) is 98.6 cm³/mol. The summed E-state index contributed by atoms with van der Waals surface area (Å²) in [6.07, 6.45) is 4.12. The summed E-state index contributed by atoms with van der Waals surface area (Å²) in [5, 5.41) is 6.24. The fraction of sp³-hybridized carbons (Fsp3) is 0.389. The SMILES string of the molecule is Cn1ccnc1C1CNCCN1CCC(=O)Nc1ccc(C(N)=O)cc1. The molecule has 0 spiro atoms. The second kappa shape index (κ2) is 8.11. The van der Waals surface area contributed by atoms with Crippen LogP contribution in [0.5, 0.6) is 0 Å². The van der Waals surface area contributed by atoms with E-state index in [1.54, 1.807) is 30.5 Å². The molecule has 1 unspecified atom stereocenters. The van der Waals surface area contributed by atoms with Crippen molar-refractivity contribution in [2.75, 3.05) is 31.5 Å². The molecule has 1 aromatic carbocycles. The van der Waals surface area contributed by atoms with Crippen molar-refractivity contribution in [2.45, 2.75) is 12.5 Å². The fourth-order valence-corrected chi connectivity index (χ4v) is 3.15. The lowest BCUT2D eigenvalue weighted by Gasteiger charge is -2.35. The van der Waals surface area contributed by atoms with Gasteiger partial charge in [-0.3, -0.25) is 14.5 Å². The van der Waals surface area contributed by atoms with Gasteiger partial charge in [0.1, 0.15) is 5.82 Å². The van der Waals surface area contributed by atoms with Gasteiger partial charge in [-0.05, 0) is 24.3 Å². The van der Waals surface area contributed by atoms with E-state index in [9.17, 15) is 9.59 Å². The molecule has 2 heterocycles. The quantitative estimate of drug-likeness (QED) is 0.699. The third-order valence-corrected chi connectivity index (χ3v) is 4.59. The third kappa shape index (κ3) is 4.27. The van der Waals surface area contributed by atoms with Gasteiger partial charge in [0.05, 0.1) is 6.04 Å². The molecule has 26 heavy (non-hydrogen) atoms. The zero-order valence-corrected chi connectivity index (χ0v) is 14.8. The fourth-order valence-electron chi connectivity index (χ4n) is 3.15. The number of piperazine rings is 1. The molecule has 1 aliphatic heterocycles. The Bertz CT molecular complexity index is 770. The monoisotopic (exact) mass is 356 g/mol. The number of benzene rings is 1. The summed E-state index contributed by atoms with van der Waals surface area (Å²) < 4.78 is 2.02. The number of hydrogen-bond acceptors (Lipinski definition) is 5. The van der Waals surface area contributed by atoms with Crippen molar-refractivity contribution >= 4 is 17.5 Å². The van der Waals surface area contributed by atoms with Crippen LogP contribution in [0.15, 0.2) is 36.7 Å². The number of aromatic nitrogens is 2. The van der Waals surface area contributed by atoms with Gasteiger partial charge in [-0.2, -0.15) is 0 Å². The minimum Gasteiger partial charge on any atom is -0.366 e. The number of imidazole rings is 1. The number of amides is 2. The second-order valence-electron chi connectivity index (χ2n) is 6.39. The Balaban J connectivity index is 1.55. The lowest BCUT2D eigenvalue weighted by molar-refractivity contribution is -0.116. The van der Waals surface area contributed by atoms with E-state index in [0.29, 0.717) is 24.2 Å². The standard InChI is InChI=1S/C18H24N6O2/c1-23-10-8-21-18(23)15-12-20-7-11-24(15)9-6-16(25)22-14-4-2-13(3-5-14)17(19)26/h2-5,8,10,15,20H,6-7,9,11-12H2,1H3,(H2,19,26)(H,22,25). The van der Waals surface area contributed by atoms with Crippen molar-refractivity contribution in [1.29, 1.82) is 0 Å². The number of nitrogens with two attached hydrogens (primary N) is 1. The molecule has 8 nitrogen and oxygen atoms in total. The Morgan fingerprint density at radius 1 is 1.35 bits per heavy atom. The first-order valence-electron chi connectivity index (χ1n) is 8.66. The van der Waals surface area contributed by atoms with E-state index in [1.807, 2.05) is 17.8 Å². The van der Waals surface area contributed by atoms with Crippen LogP contribution in [0.3, 0.4) is 0 Å². The minimum absolute atomic E-state index is 0.0612. The number of primary amides is 1. The van der Waals surface area contributed by atoms with Gasteiger partial charge in [0, 0.05) is 63.3 Å². The van der Waals surface area contributed by atoms with Crippen LogP contribution in [-0.4, -0.2) is 52.4 Å². The van der Waals surface area contributed by atoms with Gasteiger partial charge in [0.2, 0.25) is 11.8 Å². The van der Waals surface area contributed by atoms with Gasteiger partial charge in [0.25, 0.3) is 0 Å².